The van der Waals surface area contributed by atoms with Gasteiger partial charge in [-0.15, -0.1) is 0 Å². The first kappa shape index (κ1) is 15.0. The van der Waals surface area contributed by atoms with E-state index in [1.165, 1.54) is 0 Å². The molecule has 0 spiro atoms. The topological polar surface area (TPSA) is 77.2 Å². The van der Waals surface area contributed by atoms with E-state index in [-0.39, 0.29) is 0 Å². The third-order valence-corrected chi connectivity index (χ3v) is 2.86. The summed E-state index contributed by atoms with van der Waals surface area (Å²) < 4.78 is 5.73. The number of ether oxygens (including phenoxy) is 1. The Hall–Kier alpha value is -2.40. The predicted octanol–water partition coefficient (Wildman–Crippen LogP) is 2.47. The van der Waals surface area contributed by atoms with Gasteiger partial charge >= 0.3 is 0 Å². The van der Waals surface area contributed by atoms with Crippen LogP contribution in [-0.2, 0) is 6.54 Å². The number of aromatic nitrogens is 1. The molecule has 0 aliphatic carbocycles. The molecule has 1 aromatic carbocycles. The summed E-state index contributed by atoms with van der Waals surface area (Å²) in [6.45, 7) is 4.87. The molecule has 0 fully saturated rings. The molecule has 5 nitrogen and oxygen atoms in total. The van der Waals surface area contributed by atoms with Gasteiger partial charge in [0.15, 0.2) is 0 Å². The second kappa shape index (κ2) is 6.85. The maximum Gasteiger partial charge on any atom is 0.252 e. The van der Waals surface area contributed by atoms with Crippen LogP contribution in [0, 0.1) is 0 Å². The van der Waals surface area contributed by atoms with Crippen LogP contribution in [0.15, 0.2) is 42.7 Å². The van der Waals surface area contributed by atoms with Crippen LogP contribution in [0.4, 0.5) is 0 Å². The second-order valence-corrected chi connectivity index (χ2v) is 5.03. The summed E-state index contributed by atoms with van der Waals surface area (Å²) in [5, 5.41) is 3.31. The van der Waals surface area contributed by atoms with Crippen molar-refractivity contribution in [3.05, 3.63) is 53.9 Å². The summed E-state index contributed by atoms with van der Waals surface area (Å²) in [6.07, 6.45) is 3.39. The minimum atomic E-state index is -0.517. The molecule has 0 aliphatic heterocycles. The Bertz CT molecular complexity index is 626. The number of primary amides is 1. The number of nitrogens with zero attached hydrogens (tertiary/aromatic N) is 1. The fourth-order valence-electron chi connectivity index (χ4n) is 1.82. The Balaban J connectivity index is 2.16. The molecular weight excluding hydrogens is 266 g/mol. The molecule has 3 N–H and O–H groups in total. The van der Waals surface area contributed by atoms with Crippen molar-refractivity contribution in [1.29, 1.82) is 0 Å². The monoisotopic (exact) mass is 285 g/mol. The molecule has 0 bridgehead atoms. The third kappa shape index (κ3) is 4.29. The fraction of sp³-hybridized carbons (Fsp3) is 0.250. The summed E-state index contributed by atoms with van der Waals surface area (Å²) in [5.74, 6) is 0.490. The van der Waals surface area contributed by atoms with Gasteiger partial charge in [-0.2, -0.15) is 0 Å². The molecule has 2 rings (SSSR count). The van der Waals surface area contributed by atoms with Crippen LogP contribution in [0.2, 0.25) is 0 Å². The average molecular weight is 285 g/mol. The predicted molar refractivity (Wildman–Crippen MR) is 81.2 cm³/mol. The number of nitrogens with one attached hydrogen (secondary N) is 1. The highest BCUT2D eigenvalue weighted by Gasteiger charge is 2.09. The van der Waals surface area contributed by atoms with Crippen molar-refractivity contribution in [1.82, 2.24) is 10.3 Å². The van der Waals surface area contributed by atoms with Crippen molar-refractivity contribution in [2.24, 2.45) is 5.73 Å². The SMILES string of the molecule is CC(C)NCc1cncc(Oc2ccccc2C(N)=O)c1. The van der Waals surface area contributed by atoms with E-state index in [1.807, 2.05) is 6.07 Å². The summed E-state index contributed by atoms with van der Waals surface area (Å²) in [7, 11) is 0. The lowest BCUT2D eigenvalue weighted by Crippen LogP contribution is -2.21. The van der Waals surface area contributed by atoms with Gasteiger partial charge in [0.05, 0.1) is 11.8 Å². The molecule has 0 radical (unpaired) electrons. The van der Waals surface area contributed by atoms with Crippen molar-refractivity contribution < 1.29 is 9.53 Å². The lowest BCUT2D eigenvalue weighted by atomic mass is 10.2. The van der Waals surface area contributed by atoms with E-state index >= 15 is 0 Å². The fourth-order valence-corrected chi connectivity index (χ4v) is 1.82. The van der Waals surface area contributed by atoms with E-state index in [4.69, 9.17) is 10.5 Å². The van der Waals surface area contributed by atoms with Gasteiger partial charge in [-0.25, -0.2) is 0 Å². The van der Waals surface area contributed by atoms with Gasteiger partial charge in [0.2, 0.25) is 0 Å². The standard InChI is InChI=1S/C16H19N3O2/c1-11(2)19-9-12-7-13(10-18-8-12)21-15-6-4-3-5-14(15)16(17)20/h3-8,10-11,19H,9H2,1-2H3,(H2,17,20). The first-order valence-electron chi connectivity index (χ1n) is 6.80. The number of carbonyl (C=O) groups is 1. The minimum Gasteiger partial charge on any atom is -0.455 e. The molecule has 1 heterocycles. The summed E-state index contributed by atoms with van der Waals surface area (Å²) in [5.41, 5.74) is 6.70. The number of nitrogens with two attached hydrogens (primary N) is 1. The van der Waals surface area contributed by atoms with E-state index in [9.17, 15) is 4.79 Å². The molecule has 1 aromatic heterocycles. The average Bonchev–Trinajstić information content (AvgIpc) is 2.46. The maximum atomic E-state index is 11.4. The van der Waals surface area contributed by atoms with Gasteiger partial charge < -0.3 is 15.8 Å². The Kier molecular flexibility index (Phi) is 4.90. The molecule has 0 unspecified atom stereocenters. The Morgan fingerprint density at radius 1 is 1.33 bits per heavy atom. The highest BCUT2D eigenvalue weighted by Crippen LogP contribution is 2.24. The van der Waals surface area contributed by atoms with Crippen LogP contribution in [0.25, 0.3) is 0 Å². The zero-order valence-electron chi connectivity index (χ0n) is 12.2. The lowest BCUT2D eigenvalue weighted by molar-refractivity contribution is 0.0998. The molecule has 5 heteroatoms. The third-order valence-electron chi connectivity index (χ3n) is 2.86. The number of amides is 1. The van der Waals surface area contributed by atoms with Gasteiger partial charge in [-0.05, 0) is 23.8 Å². The molecular formula is C16H19N3O2. The first-order chi connectivity index (χ1) is 10.1. The highest BCUT2D eigenvalue weighted by atomic mass is 16.5. The van der Waals surface area contributed by atoms with E-state index in [0.29, 0.717) is 29.6 Å². The number of rotatable bonds is 6. The number of carbonyl (C=O) groups excluding carboxylic acids is 1. The second-order valence-electron chi connectivity index (χ2n) is 5.03. The molecule has 0 saturated heterocycles. The first-order valence-corrected chi connectivity index (χ1v) is 6.80. The van der Waals surface area contributed by atoms with E-state index in [1.54, 1.807) is 36.7 Å². The largest absolute Gasteiger partial charge is 0.455 e. The van der Waals surface area contributed by atoms with Crippen LogP contribution in [0.1, 0.15) is 29.8 Å². The number of hydrogen-bond acceptors (Lipinski definition) is 4. The molecule has 1 amide bonds. The van der Waals surface area contributed by atoms with Crippen LogP contribution in [0.3, 0.4) is 0 Å². The van der Waals surface area contributed by atoms with Crippen molar-refractivity contribution in [3.8, 4) is 11.5 Å². The molecule has 0 atom stereocenters. The van der Waals surface area contributed by atoms with Crippen molar-refractivity contribution in [2.45, 2.75) is 26.4 Å². The van der Waals surface area contributed by atoms with E-state index < -0.39 is 5.91 Å². The molecule has 0 aliphatic rings. The summed E-state index contributed by atoms with van der Waals surface area (Å²) in [6, 6.07) is 9.16. The van der Waals surface area contributed by atoms with Gasteiger partial charge in [0.25, 0.3) is 5.91 Å². The normalized spacial score (nSPS) is 10.6. The number of para-hydroxylation sites is 1. The van der Waals surface area contributed by atoms with Gasteiger partial charge in [-0.1, -0.05) is 26.0 Å². The smallest absolute Gasteiger partial charge is 0.252 e. The van der Waals surface area contributed by atoms with Gasteiger partial charge in [-0.3, -0.25) is 9.78 Å². The van der Waals surface area contributed by atoms with Gasteiger partial charge in [0.1, 0.15) is 11.5 Å². The zero-order valence-corrected chi connectivity index (χ0v) is 12.2. The van der Waals surface area contributed by atoms with Crippen LogP contribution in [-0.4, -0.2) is 16.9 Å². The van der Waals surface area contributed by atoms with Crippen LogP contribution >= 0.6 is 0 Å². The van der Waals surface area contributed by atoms with Crippen LogP contribution in [0.5, 0.6) is 11.5 Å². The number of benzene rings is 1. The van der Waals surface area contributed by atoms with Crippen molar-refractivity contribution in [3.63, 3.8) is 0 Å². The maximum absolute atomic E-state index is 11.4. The van der Waals surface area contributed by atoms with Gasteiger partial charge in [0, 0.05) is 18.8 Å². The molecule has 2 aromatic rings. The zero-order chi connectivity index (χ0) is 15.2. The molecule has 0 saturated carbocycles. The van der Waals surface area contributed by atoms with Crippen LogP contribution < -0.4 is 15.8 Å². The van der Waals surface area contributed by atoms with E-state index in [0.717, 1.165) is 5.56 Å². The van der Waals surface area contributed by atoms with E-state index in [2.05, 4.69) is 24.1 Å². The van der Waals surface area contributed by atoms with Crippen molar-refractivity contribution in [2.75, 3.05) is 0 Å². The number of hydrogen-bond donors (Lipinski definition) is 2. The Labute approximate surface area is 124 Å². The molecule has 110 valence electrons. The minimum absolute atomic E-state index is 0.350. The Morgan fingerprint density at radius 2 is 2.10 bits per heavy atom. The summed E-state index contributed by atoms with van der Waals surface area (Å²) >= 11 is 0. The molecule has 21 heavy (non-hydrogen) atoms. The number of pyridine rings is 1. The highest BCUT2D eigenvalue weighted by molar-refractivity contribution is 5.95. The summed E-state index contributed by atoms with van der Waals surface area (Å²) in [4.78, 5) is 15.5. The quantitative estimate of drug-likeness (QED) is 0.854. The lowest BCUT2D eigenvalue weighted by Gasteiger charge is -2.11. The van der Waals surface area contributed by atoms with Crippen molar-refractivity contribution >= 4 is 5.91 Å². The Morgan fingerprint density at radius 3 is 2.81 bits per heavy atom.